The quantitative estimate of drug-likeness (QED) is 0.341. The maximum atomic E-state index is 6.07. The highest BCUT2D eigenvalue weighted by Crippen LogP contribution is 2.29. The van der Waals surface area contributed by atoms with Gasteiger partial charge in [0.1, 0.15) is 11.5 Å². The van der Waals surface area contributed by atoms with E-state index in [4.69, 9.17) is 27.9 Å². The van der Waals surface area contributed by atoms with Gasteiger partial charge in [0.15, 0.2) is 0 Å². The van der Waals surface area contributed by atoms with Crippen LogP contribution in [0.4, 0.5) is 0 Å². The Morgan fingerprint density at radius 1 is 0.444 bits per heavy atom. The van der Waals surface area contributed by atoms with Gasteiger partial charge in [-0.3, -0.25) is 0 Å². The molecule has 0 amide bonds. The van der Waals surface area contributed by atoms with E-state index in [2.05, 4.69) is 0 Å². The monoisotopic (exact) mass is 390 g/mol. The molecule has 4 aromatic carbocycles. The van der Waals surface area contributed by atoms with E-state index < -0.39 is 0 Å². The van der Waals surface area contributed by atoms with Gasteiger partial charge in [-0.15, -0.1) is 0 Å². The van der Waals surface area contributed by atoms with E-state index >= 15 is 0 Å². The van der Waals surface area contributed by atoms with E-state index in [-0.39, 0.29) is 0 Å². The number of rotatable bonds is 4. The van der Waals surface area contributed by atoms with Gasteiger partial charge in [-0.1, -0.05) is 71.7 Å². The molecule has 1 nitrogen and oxygen atoms in total. The summed E-state index contributed by atoms with van der Waals surface area (Å²) in [7, 11) is 0. The molecule has 4 rings (SSSR count). The van der Waals surface area contributed by atoms with Crippen molar-refractivity contribution in [2.75, 3.05) is 0 Å². The van der Waals surface area contributed by atoms with Crippen molar-refractivity contribution >= 4 is 23.2 Å². The van der Waals surface area contributed by atoms with E-state index in [1.807, 2.05) is 97.1 Å². The largest absolute Gasteiger partial charge is 0.457 e. The Labute approximate surface area is 168 Å². The summed E-state index contributed by atoms with van der Waals surface area (Å²) in [4.78, 5) is 0. The smallest absolute Gasteiger partial charge is 0.127 e. The molecular weight excluding hydrogens is 375 g/mol. The van der Waals surface area contributed by atoms with Crippen LogP contribution in [0.3, 0.4) is 0 Å². The Hall–Kier alpha value is -2.74. The number of benzene rings is 4. The highest BCUT2D eigenvalue weighted by molar-refractivity contribution is 6.31. The topological polar surface area (TPSA) is 9.23 Å². The van der Waals surface area contributed by atoms with Crippen LogP contribution in [0.5, 0.6) is 11.5 Å². The van der Waals surface area contributed by atoms with Crippen molar-refractivity contribution in [2.24, 2.45) is 0 Å². The van der Waals surface area contributed by atoms with Crippen molar-refractivity contribution in [3.8, 4) is 33.8 Å². The predicted octanol–water partition coefficient (Wildman–Crippen LogP) is 8.12. The summed E-state index contributed by atoms with van der Waals surface area (Å²) in [6.07, 6.45) is 0. The van der Waals surface area contributed by atoms with Crippen LogP contribution in [-0.4, -0.2) is 0 Å². The summed E-state index contributed by atoms with van der Waals surface area (Å²) in [5.41, 5.74) is 4.36. The molecule has 0 radical (unpaired) electrons. The fourth-order valence-corrected chi connectivity index (χ4v) is 3.28. The molecule has 0 fully saturated rings. The third-order valence-electron chi connectivity index (χ3n) is 4.26. The van der Waals surface area contributed by atoms with Gasteiger partial charge in [0.25, 0.3) is 0 Å². The minimum Gasteiger partial charge on any atom is -0.457 e. The van der Waals surface area contributed by atoms with Crippen molar-refractivity contribution in [2.45, 2.75) is 0 Å². The van der Waals surface area contributed by atoms with Crippen LogP contribution < -0.4 is 4.74 Å². The molecule has 132 valence electrons. The van der Waals surface area contributed by atoms with Crippen LogP contribution in [0, 0.1) is 0 Å². The Bertz CT molecular complexity index is 967. The summed E-state index contributed by atoms with van der Waals surface area (Å²) in [6, 6.07) is 31.6. The molecule has 4 aromatic rings. The first-order valence-electron chi connectivity index (χ1n) is 8.57. The Kier molecular flexibility index (Phi) is 5.15. The second-order valence-corrected chi connectivity index (χ2v) is 7.04. The third kappa shape index (κ3) is 4.33. The molecule has 3 heteroatoms. The molecule has 0 spiro atoms. The van der Waals surface area contributed by atoms with Gasteiger partial charge in [0, 0.05) is 10.0 Å². The van der Waals surface area contributed by atoms with Crippen LogP contribution in [-0.2, 0) is 0 Å². The molecule has 0 aliphatic heterocycles. The summed E-state index contributed by atoms with van der Waals surface area (Å²) in [5, 5.41) is 1.46. The molecule has 0 bridgehead atoms. The zero-order valence-electron chi connectivity index (χ0n) is 14.4. The van der Waals surface area contributed by atoms with Gasteiger partial charge in [-0.2, -0.15) is 0 Å². The highest BCUT2D eigenvalue weighted by Gasteiger charge is 2.03. The van der Waals surface area contributed by atoms with Crippen LogP contribution in [0.2, 0.25) is 10.0 Å². The van der Waals surface area contributed by atoms with Gasteiger partial charge in [0.05, 0.1) is 0 Å². The number of halogens is 2. The molecule has 0 atom stereocenters. The van der Waals surface area contributed by atoms with Gasteiger partial charge < -0.3 is 4.74 Å². The second-order valence-electron chi connectivity index (χ2n) is 6.17. The lowest BCUT2D eigenvalue weighted by molar-refractivity contribution is 0.483. The van der Waals surface area contributed by atoms with Gasteiger partial charge in [-0.05, 0) is 70.8 Å². The van der Waals surface area contributed by atoms with Crippen LogP contribution in [0.25, 0.3) is 22.3 Å². The van der Waals surface area contributed by atoms with Crippen LogP contribution >= 0.6 is 23.2 Å². The molecule has 0 heterocycles. The van der Waals surface area contributed by atoms with Crippen molar-refractivity contribution in [3.63, 3.8) is 0 Å². The molecule has 27 heavy (non-hydrogen) atoms. The first kappa shape index (κ1) is 17.7. The SMILES string of the molecule is Clc1cccc(-c2ccc(Oc3ccc(-c4cccc(Cl)c4)cc3)cc2)c1. The Balaban J connectivity index is 1.49. The van der Waals surface area contributed by atoms with Crippen molar-refractivity contribution in [1.29, 1.82) is 0 Å². The maximum Gasteiger partial charge on any atom is 0.127 e. The fourth-order valence-electron chi connectivity index (χ4n) is 2.90. The summed E-state index contributed by atoms with van der Waals surface area (Å²) in [6.45, 7) is 0. The zero-order valence-corrected chi connectivity index (χ0v) is 15.9. The lowest BCUT2D eigenvalue weighted by Gasteiger charge is -2.09. The maximum absolute atomic E-state index is 6.07. The van der Waals surface area contributed by atoms with Crippen LogP contribution in [0.15, 0.2) is 97.1 Å². The van der Waals surface area contributed by atoms with Gasteiger partial charge in [-0.25, -0.2) is 0 Å². The van der Waals surface area contributed by atoms with Crippen molar-refractivity contribution in [1.82, 2.24) is 0 Å². The Morgan fingerprint density at radius 2 is 0.852 bits per heavy atom. The first-order valence-corrected chi connectivity index (χ1v) is 9.33. The predicted molar refractivity (Wildman–Crippen MR) is 114 cm³/mol. The normalized spacial score (nSPS) is 10.6. The number of ether oxygens (including phenoxy) is 1. The minimum atomic E-state index is 0.729. The standard InChI is InChI=1S/C24H16Cl2O/c25-21-5-1-3-19(15-21)17-7-11-23(12-8-17)27-24-13-9-18(10-14-24)20-4-2-6-22(26)16-20/h1-16H. The summed E-state index contributed by atoms with van der Waals surface area (Å²) < 4.78 is 5.96. The molecule has 0 saturated heterocycles. The highest BCUT2D eigenvalue weighted by atomic mass is 35.5. The minimum absolute atomic E-state index is 0.729. The third-order valence-corrected chi connectivity index (χ3v) is 4.73. The van der Waals surface area contributed by atoms with Crippen LogP contribution in [0.1, 0.15) is 0 Å². The van der Waals surface area contributed by atoms with Gasteiger partial charge in [0.2, 0.25) is 0 Å². The van der Waals surface area contributed by atoms with Crippen molar-refractivity contribution in [3.05, 3.63) is 107 Å². The molecule has 0 unspecified atom stereocenters. The van der Waals surface area contributed by atoms with Crippen molar-refractivity contribution < 1.29 is 4.74 Å². The average Bonchev–Trinajstić information content (AvgIpc) is 2.69. The molecule has 0 saturated carbocycles. The lowest BCUT2D eigenvalue weighted by atomic mass is 10.1. The average molecular weight is 391 g/mol. The molecule has 0 aromatic heterocycles. The lowest BCUT2D eigenvalue weighted by Crippen LogP contribution is -1.85. The molecule has 0 N–H and O–H groups in total. The van der Waals surface area contributed by atoms with Gasteiger partial charge >= 0.3 is 0 Å². The van der Waals surface area contributed by atoms with E-state index in [9.17, 15) is 0 Å². The Morgan fingerprint density at radius 3 is 1.22 bits per heavy atom. The molecule has 0 aliphatic carbocycles. The molecule has 0 aliphatic rings. The molecular formula is C24H16Cl2O. The second kappa shape index (κ2) is 7.87. The fraction of sp³-hybridized carbons (Fsp3) is 0. The summed E-state index contributed by atoms with van der Waals surface area (Å²) >= 11 is 12.1. The summed E-state index contributed by atoms with van der Waals surface area (Å²) in [5.74, 6) is 1.58. The van der Waals surface area contributed by atoms with E-state index in [0.29, 0.717) is 0 Å². The van der Waals surface area contributed by atoms with E-state index in [0.717, 1.165) is 43.8 Å². The number of hydrogen-bond donors (Lipinski definition) is 0. The van der Waals surface area contributed by atoms with E-state index in [1.165, 1.54) is 0 Å². The first-order chi connectivity index (χ1) is 13.2. The zero-order chi connectivity index (χ0) is 18.6. The number of hydrogen-bond acceptors (Lipinski definition) is 1. The van der Waals surface area contributed by atoms with E-state index in [1.54, 1.807) is 0 Å².